The molecule has 2 aromatic carbocycles. The van der Waals surface area contributed by atoms with Crippen molar-refractivity contribution in [2.75, 3.05) is 6.54 Å². The Morgan fingerprint density at radius 1 is 1.10 bits per heavy atom. The number of benzene rings is 2. The van der Waals surface area contributed by atoms with Crippen LogP contribution in [0.25, 0.3) is 16.6 Å². The van der Waals surface area contributed by atoms with Crippen molar-refractivity contribution < 1.29 is 18.0 Å². The number of carbonyl (C=O) groups is 1. The molecule has 148 valence electrons. The highest BCUT2D eigenvalue weighted by Crippen LogP contribution is 2.33. The molecule has 2 aromatic heterocycles. The minimum atomic E-state index is -4.54. The van der Waals surface area contributed by atoms with Crippen molar-refractivity contribution in [2.24, 2.45) is 0 Å². The molecular formula is C20H16F3N5O. The topological polar surface area (TPSA) is 75.6 Å². The predicted octanol–water partition coefficient (Wildman–Crippen LogP) is 3.74. The number of para-hydroxylation sites is 2. The van der Waals surface area contributed by atoms with Crippen molar-refractivity contribution in [3.8, 4) is 5.69 Å². The number of aromatic nitrogens is 4. The number of nitrogens with one attached hydrogen (secondary N) is 2. The van der Waals surface area contributed by atoms with E-state index in [-0.39, 0.29) is 11.4 Å². The smallest absolute Gasteiger partial charge is 0.361 e. The number of rotatable bonds is 5. The Kier molecular flexibility index (Phi) is 4.79. The van der Waals surface area contributed by atoms with Crippen molar-refractivity contribution in [1.82, 2.24) is 25.3 Å². The van der Waals surface area contributed by atoms with Gasteiger partial charge in [-0.15, -0.1) is 5.10 Å². The van der Waals surface area contributed by atoms with Crippen LogP contribution in [-0.2, 0) is 12.6 Å². The normalized spacial score (nSPS) is 11.7. The molecule has 1 amide bonds. The highest BCUT2D eigenvalue weighted by molar-refractivity contribution is 5.92. The third kappa shape index (κ3) is 3.84. The number of halogens is 3. The number of carbonyl (C=O) groups excluding carboxylic acids is 1. The van der Waals surface area contributed by atoms with Crippen LogP contribution < -0.4 is 5.32 Å². The molecule has 9 heteroatoms. The molecule has 0 saturated heterocycles. The van der Waals surface area contributed by atoms with Crippen molar-refractivity contribution in [2.45, 2.75) is 12.6 Å². The lowest BCUT2D eigenvalue weighted by molar-refractivity contribution is -0.137. The number of amides is 1. The van der Waals surface area contributed by atoms with Gasteiger partial charge in [0.25, 0.3) is 5.91 Å². The van der Waals surface area contributed by atoms with Gasteiger partial charge in [-0.25, -0.2) is 4.68 Å². The van der Waals surface area contributed by atoms with Crippen molar-refractivity contribution >= 4 is 16.8 Å². The lowest BCUT2D eigenvalue weighted by atomic mass is 10.1. The SMILES string of the molecule is O=C(NCCc1c[nH]c2ccccc12)c1cn(-c2ccccc2C(F)(F)F)nn1. The molecule has 0 aliphatic rings. The fraction of sp³-hybridized carbons (Fsp3) is 0.150. The lowest BCUT2D eigenvalue weighted by Gasteiger charge is -2.11. The summed E-state index contributed by atoms with van der Waals surface area (Å²) in [5.74, 6) is -0.499. The summed E-state index contributed by atoms with van der Waals surface area (Å²) in [6, 6.07) is 12.8. The second-order valence-corrected chi connectivity index (χ2v) is 6.43. The summed E-state index contributed by atoms with van der Waals surface area (Å²) < 4.78 is 40.5. The molecule has 0 aliphatic heterocycles. The van der Waals surface area contributed by atoms with Crippen molar-refractivity contribution in [1.29, 1.82) is 0 Å². The number of fused-ring (bicyclic) bond motifs is 1. The van der Waals surface area contributed by atoms with E-state index in [0.717, 1.165) is 27.2 Å². The van der Waals surface area contributed by atoms with Gasteiger partial charge in [-0.05, 0) is 30.2 Å². The molecule has 4 rings (SSSR count). The minimum absolute atomic E-state index is 0.0547. The van der Waals surface area contributed by atoms with E-state index in [1.54, 1.807) is 0 Å². The molecule has 0 atom stereocenters. The fourth-order valence-electron chi connectivity index (χ4n) is 3.14. The van der Waals surface area contributed by atoms with E-state index in [1.807, 2.05) is 30.5 Å². The van der Waals surface area contributed by atoms with Crippen LogP contribution >= 0.6 is 0 Å². The Hall–Kier alpha value is -3.62. The van der Waals surface area contributed by atoms with E-state index in [1.165, 1.54) is 24.4 Å². The molecule has 0 radical (unpaired) electrons. The summed E-state index contributed by atoms with van der Waals surface area (Å²) in [5, 5.41) is 11.2. The minimum Gasteiger partial charge on any atom is -0.361 e. The standard InChI is InChI=1S/C20H16F3N5O/c21-20(22,23)15-6-2-4-8-18(15)28-12-17(26-27-28)19(29)24-10-9-13-11-25-16-7-3-1-5-14(13)16/h1-8,11-12,25H,9-10H2,(H,24,29). The first kappa shape index (κ1) is 18.7. The van der Waals surface area contributed by atoms with E-state index in [2.05, 4.69) is 20.6 Å². The Morgan fingerprint density at radius 3 is 2.69 bits per heavy atom. The number of H-pyrrole nitrogens is 1. The number of aromatic amines is 1. The second-order valence-electron chi connectivity index (χ2n) is 6.43. The maximum Gasteiger partial charge on any atom is 0.418 e. The zero-order valence-corrected chi connectivity index (χ0v) is 15.1. The Balaban J connectivity index is 1.44. The zero-order chi connectivity index (χ0) is 20.4. The summed E-state index contributed by atoms with van der Waals surface area (Å²) in [6.07, 6.45) is -0.863. The monoisotopic (exact) mass is 399 g/mol. The number of alkyl halides is 3. The first-order valence-electron chi connectivity index (χ1n) is 8.85. The predicted molar refractivity (Wildman–Crippen MR) is 101 cm³/mol. The zero-order valence-electron chi connectivity index (χ0n) is 15.1. The highest BCUT2D eigenvalue weighted by atomic mass is 19.4. The Labute approximate surface area is 163 Å². The second kappa shape index (κ2) is 7.42. The van der Waals surface area contributed by atoms with Gasteiger partial charge in [0, 0.05) is 23.6 Å². The molecule has 4 aromatic rings. The van der Waals surface area contributed by atoms with Gasteiger partial charge in [0.1, 0.15) is 0 Å². The summed E-state index contributed by atoms with van der Waals surface area (Å²) in [7, 11) is 0. The third-order valence-corrected chi connectivity index (χ3v) is 4.54. The lowest BCUT2D eigenvalue weighted by Crippen LogP contribution is -2.26. The average molecular weight is 399 g/mol. The molecule has 0 fully saturated rings. The van der Waals surface area contributed by atoms with E-state index < -0.39 is 17.6 Å². The van der Waals surface area contributed by atoms with Crippen LogP contribution in [0.5, 0.6) is 0 Å². The van der Waals surface area contributed by atoms with Crippen molar-refractivity contribution in [3.05, 3.63) is 77.7 Å². The van der Waals surface area contributed by atoms with Crippen LogP contribution in [0.1, 0.15) is 21.6 Å². The van der Waals surface area contributed by atoms with Crippen LogP contribution in [0.15, 0.2) is 60.9 Å². The molecule has 0 aliphatic carbocycles. The average Bonchev–Trinajstić information content (AvgIpc) is 3.35. The molecule has 2 N–H and O–H groups in total. The van der Waals surface area contributed by atoms with Crippen LogP contribution in [0.2, 0.25) is 0 Å². The van der Waals surface area contributed by atoms with Gasteiger partial charge in [0.15, 0.2) is 5.69 Å². The van der Waals surface area contributed by atoms with Gasteiger partial charge in [-0.2, -0.15) is 13.2 Å². The van der Waals surface area contributed by atoms with Crippen LogP contribution in [0.4, 0.5) is 13.2 Å². The maximum absolute atomic E-state index is 13.2. The largest absolute Gasteiger partial charge is 0.418 e. The van der Waals surface area contributed by atoms with E-state index >= 15 is 0 Å². The summed E-state index contributed by atoms with van der Waals surface area (Å²) in [4.78, 5) is 15.5. The first-order chi connectivity index (χ1) is 13.9. The summed E-state index contributed by atoms with van der Waals surface area (Å²) in [6.45, 7) is 0.354. The van der Waals surface area contributed by atoms with E-state index in [9.17, 15) is 18.0 Å². The van der Waals surface area contributed by atoms with Gasteiger partial charge in [-0.3, -0.25) is 4.79 Å². The van der Waals surface area contributed by atoms with Crippen LogP contribution in [-0.4, -0.2) is 32.4 Å². The van der Waals surface area contributed by atoms with E-state index in [0.29, 0.717) is 13.0 Å². The third-order valence-electron chi connectivity index (χ3n) is 4.54. The molecule has 0 spiro atoms. The van der Waals surface area contributed by atoms with Gasteiger partial charge >= 0.3 is 6.18 Å². The van der Waals surface area contributed by atoms with E-state index in [4.69, 9.17) is 0 Å². The fourth-order valence-corrected chi connectivity index (χ4v) is 3.14. The molecular weight excluding hydrogens is 383 g/mol. The Morgan fingerprint density at radius 2 is 1.86 bits per heavy atom. The molecule has 0 saturated carbocycles. The molecule has 0 unspecified atom stereocenters. The van der Waals surface area contributed by atoms with Crippen molar-refractivity contribution in [3.63, 3.8) is 0 Å². The molecule has 2 heterocycles. The number of nitrogens with zero attached hydrogens (tertiary/aromatic N) is 3. The number of hydrogen-bond donors (Lipinski definition) is 2. The van der Waals surface area contributed by atoms with Gasteiger partial charge in [-0.1, -0.05) is 35.5 Å². The molecule has 6 nitrogen and oxygen atoms in total. The maximum atomic E-state index is 13.2. The number of hydrogen-bond acceptors (Lipinski definition) is 3. The van der Waals surface area contributed by atoms with Gasteiger partial charge in [0.05, 0.1) is 17.4 Å². The quantitative estimate of drug-likeness (QED) is 0.537. The van der Waals surface area contributed by atoms with Crippen LogP contribution in [0.3, 0.4) is 0 Å². The summed E-state index contributed by atoms with van der Waals surface area (Å²) in [5.41, 5.74) is 0.978. The Bertz CT molecular complexity index is 1160. The van der Waals surface area contributed by atoms with Crippen LogP contribution in [0, 0.1) is 0 Å². The summed E-state index contributed by atoms with van der Waals surface area (Å²) >= 11 is 0. The highest BCUT2D eigenvalue weighted by Gasteiger charge is 2.34. The van der Waals surface area contributed by atoms with Gasteiger partial charge < -0.3 is 10.3 Å². The molecule has 0 bridgehead atoms. The molecule has 29 heavy (non-hydrogen) atoms. The first-order valence-corrected chi connectivity index (χ1v) is 8.85. The van der Waals surface area contributed by atoms with Gasteiger partial charge in [0.2, 0.25) is 0 Å².